The van der Waals surface area contributed by atoms with Gasteiger partial charge in [0.05, 0.1) is 6.61 Å². The first kappa shape index (κ1) is 33.0. The van der Waals surface area contributed by atoms with Crippen molar-refractivity contribution in [2.75, 3.05) is 18.5 Å². The maximum Gasteiger partial charge on any atom is 0.408 e. The Labute approximate surface area is 263 Å². The Balaban J connectivity index is 1.74. The first-order chi connectivity index (χ1) is 21.3. The first-order valence-corrected chi connectivity index (χ1v) is 14.9. The Kier molecular flexibility index (Phi) is 10.5. The zero-order valence-corrected chi connectivity index (χ0v) is 26.3. The van der Waals surface area contributed by atoms with Crippen LogP contribution in [0.2, 0.25) is 0 Å². The highest BCUT2D eigenvalue weighted by atomic mass is 16.6. The van der Waals surface area contributed by atoms with Crippen molar-refractivity contribution in [3.63, 3.8) is 0 Å². The number of carbonyl (C=O) groups is 3. The summed E-state index contributed by atoms with van der Waals surface area (Å²) in [4.78, 5) is 42.8. The van der Waals surface area contributed by atoms with Crippen molar-refractivity contribution in [1.82, 2.24) is 10.2 Å². The van der Waals surface area contributed by atoms with Crippen molar-refractivity contribution in [2.24, 2.45) is 0 Å². The topological polar surface area (TPSA) is 128 Å². The molecule has 0 aliphatic heterocycles. The van der Waals surface area contributed by atoms with Gasteiger partial charge in [0.2, 0.25) is 5.91 Å². The monoisotopic (exact) mass is 611 g/mol. The number of alkyl carbamates (subject to hydrolysis) is 1. The average molecular weight is 612 g/mol. The summed E-state index contributed by atoms with van der Waals surface area (Å²) in [6.45, 7) is 8.43. The molecule has 4 aromatic carbocycles. The number of aliphatic hydroxyl groups is 1. The highest BCUT2D eigenvalue weighted by Crippen LogP contribution is 2.28. The molecule has 3 amide bonds. The van der Waals surface area contributed by atoms with Crippen LogP contribution in [0.15, 0.2) is 84.9 Å². The third kappa shape index (κ3) is 8.83. The van der Waals surface area contributed by atoms with Crippen LogP contribution >= 0.6 is 0 Å². The summed E-state index contributed by atoms with van der Waals surface area (Å²) in [5.74, 6) is -1.00. The van der Waals surface area contributed by atoms with Gasteiger partial charge in [-0.15, -0.1) is 0 Å². The second kappa shape index (κ2) is 14.3. The number of amides is 3. The molecule has 4 rings (SSSR count). The smallest absolute Gasteiger partial charge is 0.408 e. The van der Waals surface area contributed by atoms with Gasteiger partial charge in [0.25, 0.3) is 5.91 Å². The van der Waals surface area contributed by atoms with Gasteiger partial charge in [-0.25, -0.2) is 4.79 Å². The van der Waals surface area contributed by atoms with Gasteiger partial charge in [0.1, 0.15) is 23.4 Å². The zero-order chi connectivity index (χ0) is 32.7. The summed E-state index contributed by atoms with van der Waals surface area (Å²) in [6.07, 6.45) is -0.751. The number of phenols is 1. The van der Waals surface area contributed by atoms with Crippen LogP contribution in [0.4, 0.5) is 10.5 Å². The van der Waals surface area contributed by atoms with Crippen molar-refractivity contribution in [3.8, 4) is 5.75 Å². The Bertz CT molecular complexity index is 1660. The molecule has 0 fully saturated rings. The van der Waals surface area contributed by atoms with Crippen molar-refractivity contribution < 1.29 is 29.3 Å². The van der Waals surface area contributed by atoms with Gasteiger partial charge in [-0.2, -0.15) is 0 Å². The highest BCUT2D eigenvalue weighted by Gasteiger charge is 2.36. The van der Waals surface area contributed by atoms with Gasteiger partial charge in [0, 0.05) is 18.7 Å². The number of hydrogen-bond donors (Lipinski definition) is 4. The molecular weight excluding hydrogens is 570 g/mol. The largest absolute Gasteiger partial charge is 0.508 e. The van der Waals surface area contributed by atoms with Crippen LogP contribution in [-0.4, -0.2) is 57.8 Å². The molecule has 4 N–H and O–H groups in total. The van der Waals surface area contributed by atoms with E-state index in [1.54, 1.807) is 45.0 Å². The van der Waals surface area contributed by atoms with E-state index in [4.69, 9.17) is 4.74 Å². The van der Waals surface area contributed by atoms with E-state index in [0.717, 1.165) is 21.9 Å². The molecule has 2 unspecified atom stereocenters. The number of anilines is 1. The van der Waals surface area contributed by atoms with E-state index < -0.39 is 42.2 Å². The van der Waals surface area contributed by atoms with Crippen LogP contribution in [-0.2, 0) is 20.7 Å². The number of aryl methyl sites for hydroxylation is 2. The standard InChI is InChI=1S/C36H41N3O6/c1-23-10-13-28(20-24(23)2)32(33(42)37-29-15-14-26-8-6-7-9-27(26)22-29)39(18-19-40)34(43)31(38-35(44)45-36(3,4)5)21-25-11-16-30(41)17-12-25/h6-17,20,22,31-32,40-41H,18-19,21H2,1-5H3,(H,37,42)(H,38,44). The van der Waals surface area contributed by atoms with Gasteiger partial charge in [-0.3, -0.25) is 9.59 Å². The van der Waals surface area contributed by atoms with Crippen molar-refractivity contribution >= 4 is 34.4 Å². The number of aromatic hydroxyl groups is 1. The SMILES string of the molecule is Cc1ccc(C(C(=O)Nc2ccc3ccccc3c2)N(CCO)C(=O)C(Cc2ccc(O)cc2)NC(=O)OC(C)(C)C)cc1C. The number of nitrogens with zero attached hydrogens (tertiary/aromatic N) is 1. The van der Waals surface area contributed by atoms with Crippen molar-refractivity contribution in [3.05, 3.63) is 107 Å². The molecule has 236 valence electrons. The fourth-order valence-corrected chi connectivity index (χ4v) is 5.08. The lowest BCUT2D eigenvalue weighted by molar-refractivity contribution is -0.141. The van der Waals surface area contributed by atoms with Crippen LogP contribution in [0.3, 0.4) is 0 Å². The molecule has 0 aliphatic carbocycles. The van der Waals surface area contributed by atoms with E-state index >= 15 is 0 Å². The molecular formula is C36H41N3O6. The lowest BCUT2D eigenvalue weighted by Crippen LogP contribution is -2.53. The molecule has 0 aromatic heterocycles. The number of benzene rings is 4. The molecule has 0 heterocycles. The normalized spacial score (nSPS) is 12.7. The molecule has 0 bridgehead atoms. The van der Waals surface area contributed by atoms with Crippen LogP contribution < -0.4 is 10.6 Å². The summed E-state index contributed by atoms with van der Waals surface area (Å²) in [5.41, 5.74) is 2.90. The summed E-state index contributed by atoms with van der Waals surface area (Å²) in [7, 11) is 0. The number of hydrogen-bond acceptors (Lipinski definition) is 6. The minimum Gasteiger partial charge on any atom is -0.508 e. The quantitative estimate of drug-likeness (QED) is 0.180. The predicted molar refractivity (Wildman–Crippen MR) is 175 cm³/mol. The molecule has 0 radical (unpaired) electrons. The Morgan fingerprint density at radius 3 is 2.20 bits per heavy atom. The Morgan fingerprint density at radius 2 is 1.56 bits per heavy atom. The molecule has 9 nitrogen and oxygen atoms in total. The van der Waals surface area contributed by atoms with E-state index in [9.17, 15) is 24.6 Å². The molecule has 2 atom stereocenters. The lowest BCUT2D eigenvalue weighted by atomic mass is 9.97. The number of aliphatic hydroxyl groups excluding tert-OH is 1. The van der Waals surface area contributed by atoms with Crippen LogP contribution in [0.25, 0.3) is 10.8 Å². The van der Waals surface area contributed by atoms with Crippen molar-refractivity contribution in [1.29, 1.82) is 0 Å². The van der Waals surface area contributed by atoms with Crippen LogP contribution in [0.5, 0.6) is 5.75 Å². The molecule has 0 saturated heterocycles. The fraction of sp³-hybridized carbons (Fsp3) is 0.306. The lowest BCUT2D eigenvalue weighted by Gasteiger charge is -2.34. The molecule has 0 saturated carbocycles. The van der Waals surface area contributed by atoms with E-state index in [-0.39, 0.29) is 18.7 Å². The van der Waals surface area contributed by atoms with E-state index in [1.807, 2.05) is 62.4 Å². The van der Waals surface area contributed by atoms with Crippen molar-refractivity contribution in [2.45, 2.75) is 58.7 Å². The van der Waals surface area contributed by atoms with Gasteiger partial charge in [0.15, 0.2) is 0 Å². The Hall–Kier alpha value is -4.89. The third-order valence-electron chi connectivity index (χ3n) is 7.41. The highest BCUT2D eigenvalue weighted by molar-refractivity contribution is 6.00. The van der Waals surface area contributed by atoms with Gasteiger partial charge in [-0.05, 0) is 91.9 Å². The summed E-state index contributed by atoms with van der Waals surface area (Å²) < 4.78 is 5.46. The number of rotatable bonds is 10. The number of carbonyl (C=O) groups excluding carboxylic acids is 3. The maximum atomic E-state index is 14.4. The molecule has 9 heteroatoms. The van der Waals surface area contributed by atoms with E-state index in [1.165, 1.54) is 17.0 Å². The molecule has 0 spiro atoms. The van der Waals surface area contributed by atoms with E-state index in [0.29, 0.717) is 16.8 Å². The van der Waals surface area contributed by atoms with Crippen LogP contribution in [0, 0.1) is 13.8 Å². The number of phenolic OH excluding ortho intramolecular Hbond substituents is 1. The minimum atomic E-state index is -1.15. The number of ether oxygens (including phenoxy) is 1. The number of nitrogens with one attached hydrogen (secondary N) is 2. The number of fused-ring (bicyclic) bond motifs is 1. The maximum absolute atomic E-state index is 14.4. The fourth-order valence-electron chi connectivity index (χ4n) is 5.08. The second-order valence-electron chi connectivity index (χ2n) is 12.1. The summed E-state index contributed by atoms with van der Waals surface area (Å²) in [5, 5.41) is 27.5. The molecule has 0 aliphatic rings. The van der Waals surface area contributed by atoms with Gasteiger partial charge < -0.3 is 30.5 Å². The second-order valence-corrected chi connectivity index (χ2v) is 12.1. The Morgan fingerprint density at radius 1 is 0.867 bits per heavy atom. The molecule has 4 aromatic rings. The van der Waals surface area contributed by atoms with E-state index in [2.05, 4.69) is 10.6 Å². The molecule has 45 heavy (non-hydrogen) atoms. The van der Waals surface area contributed by atoms with Crippen LogP contribution in [0.1, 0.15) is 49.1 Å². The average Bonchev–Trinajstić information content (AvgIpc) is 2.98. The van der Waals surface area contributed by atoms with Gasteiger partial charge in [-0.1, -0.05) is 60.7 Å². The minimum absolute atomic E-state index is 0.0478. The summed E-state index contributed by atoms with van der Waals surface area (Å²) in [6, 6.07) is 22.9. The van der Waals surface area contributed by atoms with Gasteiger partial charge >= 0.3 is 6.09 Å². The zero-order valence-electron chi connectivity index (χ0n) is 26.3. The summed E-state index contributed by atoms with van der Waals surface area (Å²) >= 11 is 0. The predicted octanol–water partition coefficient (Wildman–Crippen LogP) is 5.80. The first-order valence-electron chi connectivity index (χ1n) is 14.9. The third-order valence-corrected chi connectivity index (χ3v) is 7.41.